The van der Waals surface area contributed by atoms with Crippen LogP contribution in [0, 0.1) is 5.82 Å². The molecular formula is C13H10BrFN2O2. The lowest BCUT2D eigenvalue weighted by atomic mass is 10.2. The molecule has 0 fully saturated rings. The second-order valence-corrected chi connectivity index (χ2v) is 4.39. The van der Waals surface area contributed by atoms with Crippen LogP contribution in [0.25, 0.3) is 0 Å². The van der Waals surface area contributed by atoms with Crippen molar-refractivity contribution >= 4 is 27.5 Å². The maximum atomic E-state index is 13.6. The minimum Gasteiger partial charge on any atom is -0.497 e. The molecule has 0 spiro atoms. The summed E-state index contributed by atoms with van der Waals surface area (Å²) in [6.45, 7) is 0. The van der Waals surface area contributed by atoms with Crippen LogP contribution in [0.4, 0.5) is 10.1 Å². The van der Waals surface area contributed by atoms with Crippen molar-refractivity contribution in [2.75, 3.05) is 12.4 Å². The maximum absolute atomic E-state index is 13.6. The minimum absolute atomic E-state index is 0.0557. The van der Waals surface area contributed by atoms with Crippen molar-refractivity contribution in [2.45, 2.75) is 0 Å². The van der Waals surface area contributed by atoms with Gasteiger partial charge in [-0.15, -0.1) is 0 Å². The molecule has 0 saturated carbocycles. The molecule has 2 aromatic rings. The van der Waals surface area contributed by atoms with Crippen LogP contribution < -0.4 is 10.1 Å². The molecule has 1 amide bonds. The van der Waals surface area contributed by atoms with Crippen LogP contribution in [0.2, 0.25) is 0 Å². The number of nitrogens with one attached hydrogen (secondary N) is 1. The van der Waals surface area contributed by atoms with Crippen LogP contribution in [0.1, 0.15) is 10.4 Å². The molecule has 0 aliphatic heterocycles. The number of halogens is 2. The predicted octanol–water partition coefficient (Wildman–Crippen LogP) is 3.24. The normalized spacial score (nSPS) is 10.1. The second kappa shape index (κ2) is 5.79. The Bertz CT molecular complexity index is 619. The molecule has 0 unspecified atom stereocenters. The Morgan fingerprint density at radius 2 is 2.21 bits per heavy atom. The number of hydrogen-bond acceptors (Lipinski definition) is 3. The number of amides is 1. The zero-order valence-corrected chi connectivity index (χ0v) is 11.6. The zero-order chi connectivity index (χ0) is 13.8. The lowest BCUT2D eigenvalue weighted by molar-refractivity contribution is 0.102. The fraction of sp³-hybridized carbons (Fsp3) is 0.0769. The Kier molecular flexibility index (Phi) is 4.11. The first-order valence-corrected chi connectivity index (χ1v) is 6.16. The van der Waals surface area contributed by atoms with Gasteiger partial charge in [-0.05, 0) is 40.2 Å². The monoisotopic (exact) mass is 324 g/mol. The molecular weight excluding hydrogens is 315 g/mol. The molecule has 2 rings (SSSR count). The van der Waals surface area contributed by atoms with Gasteiger partial charge in [-0.2, -0.15) is 0 Å². The zero-order valence-electron chi connectivity index (χ0n) is 9.98. The maximum Gasteiger partial charge on any atom is 0.258 e. The van der Waals surface area contributed by atoms with Gasteiger partial charge in [-0.25, -0.2) is 9.37 Å². The minimum atomic E-state index is -0.533. The van der Waals surface area contributed by atoms with E-state index < -0.39 is 11.7 Å². The molecule has 0 saturated heterocycles. The van der Waals surface area contributed by atoms with Gasteiger partial charge < -0.3 is 10.1 Å². The van der Waals surface area contributed by atoms with Crippen LogP contribution in [-0.2, 0) is 0 Å². The van der Waals surface area contributed by atoms with E-state index in [4.69, 9.17) is 4.74 Å². The average Bonchev–Trinajstić information content (AvgIpc) is 2.41. The number of pyridine rings is 1. The van der Waals surface area contributed by atoms with Gasteiger partial charge in [-0.3, -0.25) is 4.79 Å². The first-order valence-electron chi connectivity index (χ1n) is 5.37. The van der Waals surface area contributed by atoms with Gasteiger partial charge >= 0.3 is 0 Å². The molecule has 0 aliphatic carbocycles. The fourth-order valence-corrected chi connectivity index (χ4v) is 1.90. The highest BCUT2D eigenvalue weighted by atomic mass is 79.9. The van der Waals surface area contributed by atoms with E-state index in [1.165, 1.54) is 25.3 Å². The molecule has 1 aromatic heterocycles. The molecule has 0 aliphatic rings. The number of hydrogen-bond donors (Lipinski definition) is 1. The van der Waals surface area contributed by atoms with Gasteiger partial charge in [0, 0.05) is 12.3 Å². The van der Waals surface area contributed by atoms with Gasteiger partial charge in [0.15, 0.2) is 0 Å². The molecule has 0 bridgehead atoms. The van der Waals surface area contributed by atoms with Crippen molar-refractivity contribution < 1.29 is 13.9 Å². The lowest BCUT2D eigenvalue weighted by Crippen LogP contribution is -2.14. The Morgan fingerprint density at radius 3 is 2.89 bits per heavy atom. The Hall–Kier alpha value is -1.95. The third-order valence-electron chi connectivity index (χ3n) is 2.43. The summed E-state index contributed by atoms with van der Waals surface area (Å²) in [5, 5.41) is 2.48. The molecule has 0 atom stereocenters. The van der Waals surface area contributed by atoms with Crippen molar-refractivity contribution in [3.05, 3.63) is 52.5 Å². The number of rotatable bonds is 3. The number of benzene rings is 1. The van der Waals surface area contributed by atoms with E-state index in [2.05, 4.69) is 26.2 Å². The van der Waals surface area contributed by atoms with E-state index in [1.54, 1.807) is 18.3 Å². The molecule has 6 heteroatoms. The molecule has 0 radical (unpaired) electrons. The van der Waals surface area contributed by atoms with Crippen molar-refractivity contribution in [1.82, 2.24) is 4.98 Å². The van der Waals surface area contributed by atoms with Crippen molar-refractivity contribution in [1.29, 1.82) is 0 Å². The summed E-state index contributed by atoms with van der Waals surface area (Å²) in [5.74, 6) is -0.525. The summed E-state index contributed by atoms with van der Waals surface area (Å²) in [6, 6.07) is 7.33. The highest BCUT2D eigenvalue weighted by Crippen LogP contribution is 2.22. The number of anilines is 1. The smallest absolute Gasteiger partial charge is 0.258 e. The van der Waals surface area contributed by atoms with Gasteiger partial charge in [0.2, 0.25) is 0 Å². The van der Waals surface area contributed by atoms with Crippen LogP contribution >= 0.6 is 15.9 Å². The first kappa shape index (κ1) is 13.5. The first-order chi connectivity index (χ1) is 9.11. The van der Waals surface area contributed by atoms with Crippen molar-refractivity contribution in [3.8, 4) is 5.75 Å². The Balaban J connectivity index is 2.26. The van der Waals surface area contributed by atoms with Crippen LogP contribution in [-0.4, -0.2) is 18.0 Å². The van der Waals surface area contributed by atoms with E-state index >= 15 is 0 Å². The van der Waals surface area contributed by atoms with E-state index in [1.807, 2.05) is 0 Å². The summed E-state index contributed by atoms with van der Waals surface area (Å²) >= 11 is 3.17. The van der Waals surface area contributed by atoms with Gasteiger partial charge in [0.1, 0.15) is 16.2 Å². The van der Waals surface area contributed by atoms with E-state index in [0.29, 0.717) is 15.9 Å². The number of carbonyl (C=O) groups excluding carboxylic acids is 1. The van der Waals surface area contributed by atoms with Crippen molar-refractivity contribution in [2.24, 2.45) is 0 Å². The number of nitrogens with zero attached hydrogens (tertiary/aromatic N) is 1. The second-order valence-electron chi connectivity index (χ2n) is 3.64. The van der Waals surface area contributed by atoms with Crippen molar-refractivity contribution in [3.63, 3.8) is 0 Å². The summed E-state index contributed by atoms with van der Waals surface area (Å²) in [6.07, 6.45) is 1.55. The highest BCUT2D eigenvalue weighted by Gasteiger charge is 2.13. The van der Waals surface area contributed by atoms with Gasteiger partial charge in [0.05, 0.1) is 18.4 Å². The summed E-state index contributed by atoms with van der Waals surface area (Å²) in [4.78, 5) is 15.9. The Morgan fingerprint density at radius 1 is 1.42 bits per heavy atom. The molecule has 98 valence electrons. The molecule has 19 heavy (non-hydrogen) atoms. The van der Waals surface area contributed by atoms with Gasteiger partial charge in [0.25, 0.3) is 5.91 Å². The van der Waals surface area contributed by atoms with E-state index in [0.717, 1.165) is 0 Å². The van der Waals surface area contributed by atoms with Crippen LogP contribution in [0.15, 0.2) is 41.1 Å². The summed E-state index contributed by atoms with van der Waals surface area (Å²) in [7, 11) is 1.47. The fourth-order valence-electron chi connectivity index (χ4n) is 1.47. The standard InChI is InChI=1S/C13H10BrFN2O2/c1-19-8-4-5-10(15)11(7-8)17-13(18)9-3-2-6-16-12(9)14/h2-7H,1H3,(H,17,18). The number of ether oxygens (including phenoxy) is 1. The molecule has 1 heterocycles. The number of carbonyl (C=O) groups is 1. The molecule has 1 N–H and O–H groups in total. The van der Waals surface area contributed by atoms with Gasteiger partial charge in [-0.1, -0.05) is 0 Å². The SMILES string of the molecule is COc1ccc(F)c(NC(=O)c2cccnc2Br)c1. The van der Waals surface area contributed by atoms with E-state index in [-0.39, 0.29) is 5.69 Å². The lowest BCUT2D eigenvalue weighted by Gasteiger charge is -2.08. The van der Waals surface area contributed by atoms with Crippen LogP contribution in [0.5, 0.6) is 5.75 Å². The topological polar surface area (TPSA) is 51.2 Å². The third-order valence-corrected chi connectivity index (χ3v) is 3.06. The molecule has 1 aromatic carbocycles. The number of methoxy groups -OCH3 is 1. The van der Waals surface area contributed by atoms with E-state index in [9.17, 15) is 9.18 Å². The van der Waals surface area contributed by atoms with Crippen LogP contribution in [0.3, 0.4) is 0 Å². The predicted molar refractivity (Wildman–Crippen MR) is 72.8 cm³/mol. The Labute approximate surface area is 117 Å². The summed E-state index contributed by atoms with van der Waals surface area (Å²) < 4.78 is 19.0. The summed E-state index contributed by atoms with van der Waals surface area (Å²) in [5.41, 5.74) is 0.379. The number of aromatic nitrogens is 1. The highest BCUT2D eigenvalue weighted by molar-refractivity contribution is 9.10. The third kappa shape index (κ3) is 3.08. The molecule has 4 nitrogen and oxygen atoms in total. The quantitative estimate of drug-likeness (QED) is 0.882. The largest absolute Gasteiger partial charge is 0.497 e. The average molecular weight is 325 g/mol.